The Morgan fingerprint density at radius 3 is 2.78 bits per heavy atom. The van der Waals surface area contributed by atoms with Crippen molar-refractivity contribution in [2.45, 2.75) is 20.5 Å². The van der Waals surface area contributed by atoms with Crippen LogP contribution in [0.4, 0.5) is 0 Å². The van der Waals surface area contributed by atoms with Crippen molar-refractivity contribution in [3.63, 3.8) is 0 Å². The van der Waals surface area contributed by atoms with Gasteiger partial charge < -0.3 is 4.74 Å². The van der Waals surface area contributed by atoms with Gasteiger partial charge >= 0.3 is 0 Å². The maximum atomic E-state index is 11.5. The van der Waals surface area contributed by atoms with Crippen molar-refractivity contribution >= 4 is 33.0 Å². The monoisotopic (exact) mass is 324 g/mol. The van der Waals surface area contributed by atoms with E-state index < -0.39 is 0 Å². The fourth-order valence-corrected chi connectivity index (χ4v) is 2.99. The molecule has 0 bridgehead atoms. The van der Waals surface area contributed by atoms with E-state index in [1.54, 1.807) is 18.3 Å². The van der Waals surface area contributed by atoms with E-state index in [4.69, 9.17) is 4.74 Å². The lowest BCUT2D eigenvalue weighted by atomic mass is 10.1. The van der Waals surface area contributed by atoms with Gasteiger partial charge in [0, 0.05) is 4.47 Å². The highest BCUT2D eigenvalue weighted by Gasteiger charge is 2.10. The average molecular weight is 325 g/mol. The molecular weight excluding hydrogens is 312 g/mol. The van der Waals surface area contributed by atoms with Gasteiger partial charge in [0.25, 0.3) is 0 Å². The van der Waals surface area contributed by atoms with E-state index in [0.29, 0.717) is 17.9 Å². The smallest absolute Gasteiger partial charge is 0.163 e. The molecule has 0 aliphatic heterocycles. The Labute approximate surface area is 119 Å². The third-order valence-electron chi connectivity index (χ3n) is 2.57. The number of rotatable bonds is 4. The number of hydrogen-bond donors (Lipinski definition) is 0. The number of ketones is 1. The van der Waals surface area contributed by atoms with Crippen molar-refractivity contribution in [2.24, 2.45) is 0 Å². The molecule has 0 saturated heterocycles. The molecule has 0 aliphatic carbocycles. The lowest BCUT2D eigenvalue weighted by Crippen LogP contribution is -2.01. The Morgan fingerprint density at radius 2 is 2.17 bits per heavy atom. The SMILES string of the molecule is CC(=O)c1ccc(C)cc1OCc1sccc1Br. The third-order valence-corrected chi connectivity index (χ3v) is 4.47. The first-order chi connectivity index (χ1) is 8.58. The van der Waals surface area contributed by atoms with E-state index in [2.05, 4.69) is 15.9 Å². The van der Waals surface area contributed by atoms with Crippen LogP contribution < -0.4 is 4.74 Å². The van der Waals surface area contributed by atoms with Gasteiger partial charge in [0.1, 0.15) is 12.4 Å². The minimum absolute atomic E-state index is 0.0234. The number of Topliss-reactive ketones (excluding diaryl/α,β-unsaturated/α-hetero) is 1. The third kappa shape index (κ3) is 3.00. The Hall–Kier alpha value is -1.13. The van der Waals surface area contributed by atoms with Crippen molar-refractivity contribution in [3.05, 3.63) is 50.1 Å². The van der Waals surface area contributed by atoms with Crippen LogP contribution in [-0.4, -0.2) is 5.78 Å². The van der Waals surface area contributed by atoms with Crippen LogP contribution in [0.15, 0.2) is 34.1 Å². The zero-order valence-corrected chi connectivity index (χ0v) is 12.6. The zero-order valence-electron chi connectivity index (χ0n) is 10.2. The molecular formula is C14H13BrO2S. The number of carbonyl (C=O) groups excluding carboxylic acids is 1. The first-order valence-corrected chi connectivity index (χ1v) is 7.21. The fourth-order valence-electron chi connectivity index (χ4n) is 1.61. The van der Waals surface area contributed by atoms with Crippen LogP contribution in [0.1, 0.15) is 27.7 Å². The first kappa shape index (κ1) is 13.3. The summed E-state index contributed by atoms with van der Waals surface area (Å²) in [7, 11) is 0. The highest BCUT2D eigenvalue weighted by Crippen LogP contribution is 2.26. The molecule has 0 atom stereocenters. The summed E-state index contributed by atoms with van der Waals surface area (Å²) in [5.74, 6) is 0.679. The number of carbonyl (C=O) groups is 1. The van der Waals surface area contributed by atoms with Gasteiger partial charge in [-0.3, -0.25) is 4.79 Å². The van der Waals surface area contributed by atoms with E-state index >= 15 is 0 Å². The normalized spacial score (nSPS) is 10.4. The summed E-state index contributed by atoms with van der Waals surface area (Å²) in [6.07, 6.45) is 0. The second kappa shape index (κ2) is 5.67. The zero-order chi connectivity index (χ0) is 13.1. The fraction of sp³-hybridized carbons (Fsp3) is 0.214. The lowest BCUT2D eigenvalue weighted by molar-refractivity contribution is 0.101. The molecule has 94 valence electrons. The Kier molecular flexibility index (Phi) is 4.19. The van der Waals surface area contributed by atoms with Crippen molar-refractivity contribution < 1.29 is 9.53 Å². The second-order valence-electron chi connectivity index (χ2n) is 4.04. The van der Waals surface area contributed by atoms with E-state index in [9.17, 15) is 4.79 Å². The number of ether oxygens (including phenoxy) is 1. The Bertz CT molecular complexity index is 575. The van der Waals surface area contributed by atoms with E-state index in [-0.39, 0.29) is 5.78 Å². The minimum atomic E-state index is 0.0234. The van der Waals surface area contributed by atoms with Crippen LogP contribution in [0.25, 0.3) is 0 Å². The molecule has 0 N–H and O–H groups in total. The number of benzene rings is 1. The maximum absolute atomic E-state index is 11.5. The van der Waals surface area contributed by atoms with Crippen LogP contribution in [0, 0.1) is 6.92 Å². The molecule has 0 unspecified atom stereocenters. The number of thiophene rings is 1. The molecule has 2 nitrogen and oxygen atoms in total. The molecule has 2 rings (SSSR count). The van der Waals surface area contributed by atoms with Crippen LogP contribution in [0.2, 0.25) is 0 Å². The molecule has 0 aliphatic rings. The number of halogens is 1. The largest absolute Gasteiger partial charge is 0.487 e. The summed E-state index contributed by atoms with van der Waals surface area (Å²) >= 11 is 5.10. The molecule has 0 amide bonds. The lowest BCUT2D eigenvalue weighted by Gasteiger charge is -2.10. The predicted molar refractivity (Wildman–Crippen MR) is 77.5 cm³/mol. The minimum Gasteiger partial charge on any atom is -0.487 e. The molecule has 0 fully saturated rings. The number of aryl methyl sites for hydroxylation is 1. The van der Waals surface area contributed by atoms with Crippen molar-refractivity contribution in [1.82, 2.24) is 0 Å². The topological polar surface area (TPSA) is 26.3 Å². The molecule has 2 aromatic rings. The molecule has 0 spiro atoms. The molecule has 1 aromatic carbocycles. The highest BCUT2D eigenvalue weighted by molar-refractivity contribution is 9.10. The highest BCUT2D eigenvalue weighted by atomic mass is 79.9. The summed E-state index contributed by atoms with van der Waals surface area (Å²) in [6, 6.07) is 7.63. The molecule has 18 heavy (non-hydrogen) atoms. The van der Waals surface area contributed by atoms with Crippen molar-refractivity contribution in [3.8, 4) is 5.75 Å². The Morgan fingerprint density at radius 1 is 1.39 bits per heavy atom. The predicted octanol–water partition coefficient (Wildman–Crippen LogP) is 4.60. The van der Waals surface area contributed by atoms with Gasteiger partial charge in [0.2, 0.25) is 0 Å². The molecule has 0 radical (unpaired) electrons. The van der Waals surface area contributed by atoms with Crippen molar-refractivity contribution in [2.75, 3.05) is 0 Å². The van der Waals surface area contributed by atoms with Gasteiger partial charge in [-0.1, -0.05) is 6.07 Å². The van der Waals surface area contributed by atoms with Crippen molar-refractivity contribution in [1.29, 1.82) is 0 Å². The average Bonchev–Trinajstić information content (AvgIpc) is 2.72. The summed E-state index contributed by atoms with van der Waals surface area (Å²) in [5.41, 5.74) is 1.72. The second-order valence-corrected chi connectivity index (χ2v) is 5.89. The summed E-state index contributed by atoms with van der Waals surface area (Å²) in [6.45, 7) is 4.01. The van der Waals surface area contributed by atoms with Gasteiger partial charge in [-0.2, -0.15) is 0 Å². The van der Waals surface area contributed by atoms with Gasteiger partial charge in [0.05, 0.1) is 10.4 Å². The van der Waals surface area contributed by atoms with Gasteiger partial charge in [-0.05, 0) is 58.9 Å². The van der Waals surface area contributed by atoms with E-state index in [1.807, 2.05) is 36.6 Å². The first-order valence-electron chi connectivity index (χ1n) is 5.54. The van der Waals surface area contributed by atoms with Gasteiger partial charge in [0.15, 0.2) is 5.78 Å². The van der Waals surface area contributed by atoms with Crippen LogP contribution in [-0.2, 0) is 6.61 Å². The molecule has 1 aromatic heterocycles. The number of hydrogen-bond acceptors (Lipinski definition) is 3. The quantitative estimate of drug-likeness (QED) is 0.768. The van der Waals surface area contributed by atoms with E-state index in [1.165, 1.54) is 0 Å². The molecule has 4 heteroatoms. The molecule has 1 heterocycles. The van der Waals surface area contributed by atoms with Crippen LogP contribution in [0.5, 0.6) is 5.75 Å². The molecule has 0 saturated carbocycles. The standard InChI is InChI=1S/C14H13BrO2S/c1-9-3-4-11(10(2)16)13(7-9)17-8-14-12(15)5-6-18-14/h3-7H,8H2,1-2H3. The summed E-state index contributed by atoms with van der Waals surface area (Å²) in [4.78, 5) is 12.6. The summed E-state index contributed by atoms with van der Waals surface area (Å²) < 4.78 is 6.81. The van der Waals surface area contributed by atoms with Crippen LogP contribution in [0.3, 0.4) is 0 Å². The van der Waals surface area contributed by atoms with Gasteiger partial charge in [-0.15, -0.1) is 11.3 Å². The maximum Gasteiger partial charge on any atom is 0.163 e. The van der Waals surface area contributed by atoms with Crippen LogP contribution >= 0.6 is 27.3 Å². The van der Waals surface area contributed by atoms with E-state index in [0.717, 1.165) is 14.9 Å². The summed E-state index contributed by atoms with van der Waals surface area (Å²) in [5, 5.41) is 2.00. The Balaban J connectivity index is 2.20. The van der Waals surface area contributed by atoms with Gasteiger partial charge in [-0.25, -0.2) is 0 Å².